The topological polar surface area (TPSA) is 75.3 Å². The van der Waals surface area contributed by atoms with E-state index in [4.69, 9.17) is 0 Å². The smallest absolute Gasteiger partial charge is 0.221 e. The summed E-state index contributed by atoms with van der Waals surface area (Å²) in [7, 11) is -2.98. The van der Waals surface area contributed by atoms with Crippen LogP contribution in [0.3, 0.4) is 0 Å². The first-order valence-electron chi connectivity index (χ1n) is 6.09. The van der Waals surface area contributed by atoms with Gasteiger partial charge in [-0.2, -0.15) is 0 Å². The summed E-state index contributed by atoms with van der Waals surface area (Å²) in [6, 6.07) is 0. The molecule has 102 valence electrons. The molecule has 0 aromatic heterocycles. The van der Waals surface area contributed by atoms with Crippen LogP contribution in [0.2, 0.25) is 0 Å². The molecule has 0 unspecified atom stereocenters. The SMILES string of the molecule is CCCNC(=O)CCNCCS(=O)(=O)C(C)C. The summed E-state index contributed by atoms with van der Waals surface area (Å²) in [5.41, 5.74) is 0. The van der Waals surface area contributed by atoms with Gasteiger partial charge in [-0.3, -0.25) is 4.79 Å². The van der Waals surface area contributed by atoms with Gasteiger partial charge in [-0.25, -0.2) is 8.42 Å². The van der Waals surface area contributed by atoms with E-state index >= 15 is 0 Å². The highest BCUT2D eigenvalue weighted by Gasteiger charge is 2.14. The molecule has 0 radical (unpaired) electrons. The minimum absolute atomic E-state index is 0.00562. The van der Waals surface area contributed by atoms with Crippen LogP contribution >= 0.6 is 0 Å². The van der Waals surface area contributed by atoms with Gasteiger partial charge in [-0.05, 0) is 20.3 Å². The molecule has 2 N–H and O–H groups in total. The Morgan fingerprint density at radius 1 is 1.18 bits per heavy atom. The Kier molecular flexibility index (Phi) is 8.16. The molecule has 0 heterocycles. The van der Waals surface area contributed by atoms with E-state index in [2.05, 4.69) is 10.6 Å². The third-order valence-electron chi connectivity index (χ3n) is 2.38. The molecule has 0 spiro atoms. The Hall–Kier alpha value is -0.620. The highest BCUT2D eigenvalue weighted by atomic mass is 32.2. The van der Waals surface area contributed by atoms with Crippen molar-refractivity contribution in [2.75, 3.05) is 25.4 Å². The second-order valence-corrected chi connectivity index (χ2v) is 6.94. The van der Waals surface area contributed by atoms with Crippen molar-refractivity contribution in [1.82, 2.24) is 10.6 Å². The van der Waals surface area contributed by atoms with Gasteiger partial charge in [0.2, 0.25) is 5.91 Å². The summed E-state index contributed by atoms with van der Waals surface area (Å²) < 4.78 is 22.9. The van der Waals surface area contributed by atoms with Crippen LogP contribution in [-0.4, -0.2) is 45.0 Å². The minimum atomic E-state index is -2.98. The molecule has 0 fully saturated rings. The number of nitrogens with one attached hydrogen (secondary N) is 2. The Morgan fingerprint density at radius 2 is 1.82 bits per heavy atom. The summed E-state index contributed by atoms with van der Waals surface area (Å²) in [6.45, 7) is 6.96. The van der Waals surface area contributed by atoms with Crippen LogP contribution in [0.15, 0.2) is 0 Å². The molecule has 5 nitrogen and oxygen atoms in total. The lowest BCUT2D eigenvalue weighted by Crippen LogP contribution is -2.31. The highest BCUT2D eigenvalue weighted by molar-refractivity contribution is 7.92. The molecule has 0 atom stereocenters. The van der Waals surface area contributed by atoms with Crippen molar-refractivity contribution >= 4 is 15.7 Å². The molecular formula is C11H24N2O3S. The van der Waals surface area contributed by atoms with E-state index in [1.807, 2.05) is 6.92 Å². The van der Waals surface area contributed by atoms with Gasteiger partial charge in [0.25, 0.3) is 0 Å². The van der Waals surface area contributed by atoms with E-state index in [1.165, 1.54) is 0 Å². The molecule has 0 aromatic carbocycles. The van der Waals surface area contributed by atoms with E-state index in [-0.39, 0.29) is 16.9 Å². The fraction of sp³-hybridized carbons (Fsp3) is 0.909. The molecule has 6 heteroatoms. The third-order valence-corrected chi connectivity index (χ3v) is 4.59. The third kappa shape index (κ3) is 8.15. The number of carbonyl (C=O) groups excluding carboxylic acids is 1. The summed E-state index contributed by atoms with van der Waals surface area (Å²) in [6.07, 6.45) is 1.31. The summed E-state index contributed by atoms with van der Waals surface area (Å²) in [4.78, 5) is 11.2. The summed E-state index contributed by atoms with van der Waals surface area (Å²) in [5.74, 6) is 0.132. The standard InChI is InChI=1S/C11H24N2O3S/c1-4-6-13-11(14)5-7-12-8-9-17(15,16)10(2)3/h10,12H,4-9H2,1-3H3,(H,13,14). The van der Waals surface area contributed by atoms with E-state index in [1.54, 1.807) is 13.8 Å². The van der Waals surface area contributed by atoms with Crippen LogP contribution in [0.4, 0.5) is 0 Å². The average molecular weight is 264 g/mol. The number of amides is 1. The van der Waals surface area contributed by atoms with Crippen molar-refractivity contribution < 1.29 is 13.2 Å². The van der Waals surface area contributed by atoms with Crippen molar-refractivity contribution in [2.24, 2.45) is 0 Å². The fourth-order valence-corrected chi connectivity index (χ4v) is 2.03. The number of carbonyl (C=O) groups is 1. The first-order chi connectivity index (χ1) is 7.90. The van der Waals surface area contributed by atoms with Crippen LogP contribution in [-0.2, 0) is 14.6 Å². The number of hydrogen-bond acceptors (Lipinski definition) is 4. The lowest BCUT2D eigenvalue weighted by molar-refractivity contribution is -0.120. The second-order valence-electron chi connectivity index (χ2n) is 4.27. The summed E-state index contributed by atoms with van der Waals surface area (Å²) in [5, 5.41) is 5.39. The van der Waals surface area contributed by atoms with Crippen LogP contribution in [0.1, 0.15) is 33.6 Å². The Bertz CT molecular complexity index is 313. The quantitative estimate of drug-likeness (QED) is 0.588. The molecule has 0 aliphatic carbocycles. The summed E-state index contributed by atoms with van der Waals surface area (Å²) >= 11 is 0. The normalized spacial score (nSPS) is 11.8. The minimum Gasteiger partial charge on any atom is -0.356 e. The van der Waals surface area contributed by atoms with Gasteiger partial charge in [0.15, 0.2) is 9.84 Å². The average Bonchev–Trinajstić information content (AvgIpc) is 2.25. The van der Waals surface area contributed by atoms with Gasteiger partial charge in [0.05, 0.1) is 11.0 Å². The Balaban J connectivity index is 3.57. The second kappa shape index (κ2) is 8.47. The van der Waals surface area contributed by atoms with Crippen LogP contribution in [0, 0.1) is 0 Å². The van der Waals surface area contributed by atoms with E-state index in [9.17, 15) is 13.2 Å². The van der Waals surface area contributed by atoms with Crippen molar-refractivity contribution in [2.45, 2.75) is 38.9 Å². The van der Waals surface area contributed by atoms with E-state index in [0.717, 1.165) is 6.42 Å². The zero-order chi connectivity index (χ0) is 13.3. The lowest BCUT2D eigenvalue weighted by Gasteiger charge is -2.08. The van der Waals surface area contributed by atoms with Gasteiger partial charge in [0, 0.05) is 26.1 Å². The maximum absolute atomic E-state index is 11.4. The predicted molar refractivity (Wildman–Crippen MR) is 69.7 cm³/mol. The van der Waals surface area contributed by atoms with Crippen molar-refractivity contribution in [1.29, 1.82) is 0 Å². The first-order valence-corrected chi connectivity index (χ1v) is 7.80. The zero-order valence-corrected chi connectivity index (χ0v) is 11.8. The van der Waals surface area contributed by atoms with Gasteiger partial charge in [0.1, 0.15) is 0 Å². The number of sulfone groups is 1. The molecule has 0 saturated carbocycles. The predicted octanol–water partition coefficient (Wildman–Crippen LogP) is 0.316. The molecule has 0 aliphatic heterocycles. The van der Waals surface area contributed by atoms with Gasteiger partial charge >= 0.3 is 0 Å². The van der Waals surface area contributed by atoms with E-state index in [0.29, 0.717) is 26.1 Å². The van der Waals surface area contributed by atoms with Crippen LogP contribution < -0.4 is 10.6 Å². The number of hydrogen-bond donors (Lipinski definition) is 2. The molecule has 0 rings (SSSR count). The maximum atomic E-state index is 11.4. The van der Waals surface area contributed by atoms with Crippen LogP contribution in [0.5, 0.6) is 0 Å². The van der Waals surface area contributed by atoms with Crippen LogP contribution in [0.25, 0.3) is 0 Å². The molecule has 0 aliphatic rings. The Labute approximate surface area is 104 Å². The monoisotopic (exact) mass is 264 g/mol. The van der Waals surface area contributed by atoms with Gasteiger partial charge < -0.3 is 10.6 Å². The van der Waals surface area contributed by atoms with Crippen molar-refractivity contribution in [3.8, 4) is 0 Å². The van der Waals surface area contributed by atoms with E-state index < -0.39 is 9.84 Å². The molecule has 0 aromatic rings. The molecule has 1 amide bonds. The molecule has 0 bridgehead atoms. The first kappa shape index (κ1) is 16.4. The van der Waals surface area contributed by atoms with Gasteiger partial charge in [-0.1, -0.05) is 6.92 Å². The fourth-order valence-electron chi connectivity index (χ4n) is 1.13. The van der Waals surface area contributed by atoms with Crippen molar-refractivity contribution in [3.63, 3.8) is 0 Å². The molecular weight excluding hydrogens is 240 g/mol. The highest BCUT2D eigenvalue weighted by Crippen LogP contribution is 1.98. The number of rotatable bonds is 9. The zero-order valence-electron chi connectivity index (χ0n) is 11.0. The van der Waals surface area contributed by atoms with Crippen molar-refractivity contribution in [3.05, 3.63) is 0 Å². The largest absolute Gasteiger partial charge is 0.356 e. The molecule has 0 saturated heterocycles. The maximum Gasteiger partial charge on any atom is 0.221 e. The lowest BCUT2D eigenvalue weighted by atomic mass is 10.4. The molecule has 17 heavy (non-hydrogen) atoms. The Morgan fingerprint density at radius 3 is 2.35 bits per heavy atom. The van der Waals surface area contributed by atoms with Gasteiger partial charge in [-0.15, -0.1) is 0 Å².